The van der Waals surface area contributed by atoms with Crippen LogP contribution in [-0.4, -0.2) is 38.9 Å². The molecule has 1 aliphatic heterocycles. The minimum absolute atomic E-state index is 0. The fraction of sp³-hybridized carbons (Fsp3) is 0.538. The van der Waals surface area contributed by atoms with Crippen molar-refractivity contribution in [2.45, 2.75) is 30.0 Å². The van der Waals surface area contributed by atoms with Gasteiger partial charge in [0, 0.05) is 19.1 Å². The summed E-state index contributed by atoms with van der Waals surface area (Å²) in [6, 6.07) is 3.91. The van der Waals surface area contributed by atoms with Crippen LogP contribution >= 0.6 is 12.4 Å². The van der Waals surface area contributed by atoms with Crippen LogP contribution in [0.2, 0.25) is 0 Å². The maximum atomic E-state index is 12.5. The molecule has 0 aromatic heterocycles. The van der Waals surface area contributed by atoms with Gasteiger partial charge in [-0.25, -0.2) is 8.42 Å². The van der Waals surface area contributed by atoms with Crippen LogP contribution in [-0.2, 0) is 16.2 Å². The molecule has 1 aliphatic rings. The zero-order valence-electron chi connectivity index (χ0n) is 11.9. The number of benzene rings is 1. The van der Waals surface area contributed by atoms with Gasteiger partial charge < -0.3 is 5.32 Å². The summed E-state index contributed by atoms with van der Waals surface area (Å²) in [7, 11) is -1.89. The highest BCUT2D eigenvalue weighted by Crippen LogP contribution is 2.30. The lowest BCUT2D eigenvalue weighted by atomic mass is 10.1. The van der Waals surface area contributed by atoms with Crippen LogP contribution in [0.1, 0.15) is 18.4 Å². The van der Waals surface area contributed by atoms with Crippen molar-refractivity contribution in [3.8, 4) is 0 Å². The van der Waals surface area contributed by atoms with Gasteiger partial charge in [0.05, 0.1) is 10.5 Å². The average molecular weight is 359 g/mol. The lowest BCUT2D eigenvalue weighted by molar-refractivity contribution is -0.137. The molecule has 0 spiro atoms. The van der Waals surface area contributed by atoms with Crippen LogP contribution in [0.15, 0.2) is 29.2 Å². The second-order valence-corrected chi connectivity index (χ2v) is 6.93. The smallest absolute Gasteiger partial charge is 0.317 e. The largest absolute Gasteiger partial charge is 0.416 e. The maximum absolute atomic E-state index is 12.5. The third-order valence-corrected chi connectivity index (χ3v) is 5.59. The monoisotopic (exact) mass is 358 g/mol. The summed E-state index contributed by atoms with van der Waals surface area (Å²) in [6.45, 7) is 0.740. The molecule has 1 aromatic carbocycles. The van der Waals surface area contributed by atoms with E-state index in [0.29, 0.717) is 25.9 Å². The number of nitrogens with zero attached hydrogens (tertiary/aromatic N) is 1. The molecule has 1 saturated heterocycles. The fourth-order valence-corrected chi connectivity index (χ4v) is 3.82. The van der Waals surface area contributed by atoms with Crippen molar-refractivity contribution in [1.29, 1.82) is 0 Å². The van der Waals surface area contributed by atoms with Gasteiger partial charge in [0.1, 0.15) is 0 Å². The Labute approximate surface area is 134 Å². The van der Waals surface area contributed by atoms with Crippen molar-refractivity contribution in [2.24, 2.45) is 0 Å². The van der Waals surface area contributed by atoms with E-state index < -0.39 is 21.8 Å². The topological polar surface area (TPSA) is 49.4 Å². The standard InChI is InChI=1S/C13H17F3N2O2S.ClH/c1-17-11-6-8-18(9-7-11)21(19,20)12-4-2-10(3-5-12)13(14,15)16;/h2-5,11,17H,6-9H2,1H3;1H. The summed E-state index contributed by atoms with van der Waals surface area (Å²) in [6.07, 6.45) is -3.08. The van der Waals surface area contributed by atoms with E-state index in [1.165, 1.54) is 4.31 Å². The van der Waals surface area contributed by atoms with E-state index in [4.69, 9.17) is 0 Å². The Morgan fingerprint density at radius 3 is 2.05 bits per heavy atom. The Kier molecular flexibility index (Phi) is 6.26. The quantitative estimate of drug-likeness (QED) is 0.903. The average Bonchev–Trinajstić information content (AvgIpc) is 2.46. The predicted molar refractivity (Wildman–Crippen MR) is 79.5 cm³/mol. The van der Waals surface area contributed by atoms with Gasteiger partial charge in [-0.15, -0.1) is 12.4 Å². The summed E-state index contributed by atoms with van der Waals surface area (Å²) < 4.78 is 63.5. The van der Waals surface area contributed by atoms with Gasteiger partial charge >= 0.3 is 6.18 Å². The zero-order chi connectivity index (χ0) is 15.7. The number of sulfonamides is 1. The highest BCUT2D eigenvalue weighted by molar-refractivity contribution is 7.89. The number of hydrogen-bond acceptors (Lipinski definition) is 3. The number of nitrogens with one attached hydrogen (secondary N) is 1. The summed E-state index contributed by atoms with van der Waals surface area (Å²) in [5, 5.41) is 3.09. The Morgan fingerprint density at radius 1 is 1.14 bits per heavy atom. The minimum atomic E-state index is -4.46. The van der Waals surface area contributed by atoms with Crippen molar-refractivity contribution in [2.75, 3.05) is 20.1 Å². The Bertz CT molecular complexity index is 582. The van der Waals surface area contributed by atoms with Gasteiger partial charge in [-0.3, -0.25) is 0 Å². The van der Waals surface area contributed by atoms with Crippen molar-refractivity contribution in [3.63, 3.8) is 0 Å². The van der Waals surface area contributed by atoms with Gasteiger partial charge in [-0.2, -0.15) is 17.5 Å². The molecule has 1 N–H and O–H groups in total. The van der Waals surface area contributed by atoms with E-state index >= 15 is 0 Å². The number of alkyl halides is 3. The molecule has 0 bridgehead atoms. The van der Waals surface area contributed by atoms with Gasteiger partial charge in [0.15, 0.2) is 0 Å². The van der Waals surface area contributed by atoms with E-state index in [1.807, 2.05) is 7.05 Å². The molecule has 126 valence electrons. The Hall–Kier alpha value is -0.830. The molecule has 0 amide bonds. The third-order valence-electron chi connectivity index (χ3n) is 3.68. The van der Waals surface area contributed by atoms with E-state index in [0.717, 1.165) is 24.3 Å². The van der Waals surface area contributed by atoms with Gasteiger partial charge in [-0.1, -0.05) is 0 Å². The normalized spacial score (nSPS) is 18.0. The Morgan fingerprint density at radius 2 is 1.64 bits per heavy atom. The van der Waals surface area contributed by atoms with Crippen LogP contribution in [0.4, 0.5) is 13.2 Å². The third kappa shape index (κ3) is 4.13. The molecule has 2 rings (SSSR count). The van der Waals surface area contributed by atoms with Crippen LogP contribution in [0.25, 0.3) is 0 Å². The summed E-state index contributed by atoms with van der Waals surface area (Å²) in [4.78, 5) is -0.0987. The minimum Gasteiger partial charge on any atom is -0.317 e. The molecule has 22 heavy (non-hydrogen) atoms. The van der Waals surface area contributed by atoms with E-state index in [2.05, 4.69) is 5.32 Å². The second kappa shape index (κ2) is 7.16. The molecule has 0 saturated carbocycles. The first-order chi connectivity index (χ1) is 9.75. The molecule has 9 heteroatoms. The van der Waals surface area contributed by atoms with Crippen LogP contribution in [0.3, 0.4) is 0 Å². The maximum Gasteiger partial charge on any atom is 0.416 e. The van der Waals surface area contributed by atoms with E-state index in [9.17, 15) is 21.6 Å². The van der Waals surface area contributed by atoms with E-state index in [1.54, 1.807) is 0 Å². The van der Waals surface area contributed by atoms with Gasteiger partial charge in [-0.05, 0) is 44.2 Å². The van der Waals surface area contributed by atoms with Crippen LogP contribution in [0.5, 0.6) is 0 Å². The number of halogens is 4. The lowest BCUT2D eigenvalue weighted by Gasteiger charge is -2.31. The molecule has 1 aromatic rings. The molecular weight excluding hydrogens is 341 g/mol. The Balaban J connectivity index is 0.00000242. The highest BCUT2D eigenvalue weighted by atomic mass is 35.5. The van der Waals surface area contributed by atoms with Crippen molar-refractivity contribution in [1.82, 2.24) is 9.62 Å². The molecule has 0 radical (unpaired) electrons. The lowest BCUT2D eigenvalue weighted by Crippen LogP contribution is -2.43. The molecule has 4 nitrogen and oxygen atoms in total. The van der Waals surface area contributed by atoms with Crippen molar-refractivity contribution < 1.29 is 21.6 Å². The zero-order valence-corrected chi connectivity index (χ0v) is 13.6. The van der Waals surface area contributed by atoms with Crippen LogP contribution in [0, 0.1) is 0 Å². The highest BCUT2D eigenvalue weighted by Gasteiger charge is 2.32. The number of hydrogen-bond donors (Lipinski definition) is 1. The first-order valence-corrected chi connectivity index (χ1v) is 8.04. The summed E-state index contributed by atoms with van der Waals surface area (Å²) in [5.74, 6) is 0. The van der Waals surface area contributed by atoms with E-state index in [-0.39, 0.29) is 23.3 Å². The molecule has 0 aliphatic carbocycles. The summed E-state index contributed by atoms with van der Waals surface area (Å²) in [5.41, 5.74) is -0.852. The van der Waals surface area contributed by atoms with Crippen LogP contribution < -0.4 is 5.32 Å². The molecular formula is C13H18ClF3N2O2S. The second-order valence-electron chi connectivity index (χ2n) is 4.99. The SMILES string of the molecule is CNC1CCN(S(=O)(=O)c2ccc(C(F)(F)F)cc2)CC1.Cl. The van der Waals surface area contributed by atoms with Gasteiger partial charge in [0.2, 0.25) is 10.0 Å². The number of piperidine rings is 1. The molecule has 0 unspecified atom stereocenters. The predicted octanol–water partition coefficient (Wildman–Crippen LogP) is 2.50. The summed E-state index contributed by atoms with van der Waals surface area (Å²) >= 11 is 0. The fourth-order valence-electron chi connectivity index (χ4n) is 2.35. The van der Waals surface area contributed by atoms with Crippen molar-refractivity contribution >= 4 is 22.4 Å². The van der Waals surface area contributed by atoms with Crippen molar-refractivity contribution in [3.05, 3.63) is 29.8 Å². The molecule has 1 heterocycles. The number of rotatable bonds is 3. The molecule has 0 atom stereocenters. The molecule has 1 fully saturated rings. The first kappa shape index (κ1) is 19.2. The van der Waals surface area contributed by atoms with Gasteiger partial charge in [0.25, 0.3) is 0 Å². The first-order valence-electron chi connectivity index (χ1n) is 6.60.